The van der Waals surface area contributed by atoms with Gasteiger partial charge in [0, 0.05) is 44.8 Å². The number of hydrogen-bond donors (Lipinski definition) is 2. The molecule has 1 heterocycles. The van der Waals surface area contributed by atoms with Gasteiger partial charge in [-0.2, -0.15) is 17.5 Å². The van der Waals surface area contributed by atoms with Gasteiger partial charge in [-0.1, -0.05) is 6.92 Å². The molecule has 0 fully saturated rings. The van der Waals surface area contributed by atoms with Gasteiger partial charge in [-0.15, -0.1) is 0 Å². The van der Waals surface area contributed by atoms with Crippen molar-refractivity contribution in [2.75, 3.05) is 45.8 Å². The summed E-state index contributed by atoms with van der Waals surface area (Å²) in [5.74, 6) is -1.10. The third-order valence-corrected chi connectivity index (χ3v) is 10.0. The fraction of sp³-hybridized carbons (Fsp3) is 0.576. The molecular formula is C33H46F3N3O8S. The standard InChI is InChI=1S/C33H46F3N3O8S/c1-22-19-39(23(2)21-40)32(42)28-18-25(37-31(41)15-16-33(34,35)36)9-14-29(28)47-24(3)8-6-7-17-46-30(22)20-38(4)48(43,44)27-12-10-26(45-5)11-13-27/h9-14,18,22-24,30,40H,6-8,15-17,19-21H2,1-5H3,(H,37,41)/t22-,23-,24-,30+/m0/s1. The van der Waals surface area contributed by atoms with E-state index in [1.54, 1.807) is 19.1 Å². The normalized spacial score (nSPS) is 20.8. The van der Waals surface area contributed by atoms with E-state index in [0.29, 0.717) is 31.6 Å². The van der Waals surface area contributed by atoms with Gasteiger partial charge in [-0.3, -0.25) is 9.59 Å². The molecule has 0 aliphatic carbocycles. The molecular weight excluding hydrogens is 655 g/mol. The molecule has 0 spiro atoms. The first kappa shape index (κ1) is 39.0. The van der Waals surface area contributed by atoms with Crippen LogP contribution < -0.4 is 14.8 Å². The van der Waals surface area contributed by atoms with Crippen LogP contribution in [0.25, 0.3) is 0 Å². The van der Waals surface area contributed by atoms with Crippen LogP contribution >= 0.6 is 0 Å². The summed E-state index contributed by atoms with van der Waals surface area (Å²) in [6.45, 7) is 5.30. The number of nitrogens with one attached hydrogen (secondary N) is 1. The second-order valence-corrected chi connectivity index (χ2v) is 14.2. The van der Waals surface area contributed by atoms with Crippen LogP contribution in [0.2, 0.25) is 0 Å². The quantitative estimate of drug-likeness (QED) is 0.350. The van der Waals surface area contributed by atoms with Crippen LogP contribution in [0.4, 0.5) is 18.9 Å². The van der Waals surface area contributed by atoms with Crippen LogP contribution in [0.3, 0.4) is 0 Å². The molecule has 2 aromatic carbocycles. The third kappa shape index (κ3) is 11.1. The molecule has 48 heavy (non-hydrogen) atoms. The summed E-state index contributed by atoms with van der Waals surface area (Å²) >= 11 is 0. The van der Waals surface area contributed by atoms with Gasteiger partial charge in [0.15, 0.2) is 0 Å². The molecule has 3 rings (SSSR count). The molecule has 0 aromatic heterocycles. The number of carbonyl (C=O) groups excluding carboxylic acids is 2. The highest BCUT2D eigenvalue weighted by Gasteiger charge is 2.33. The number of hydrogen-bond acceptors (Lipinski definition) is 8. The maximum atomic E-state index is 14.2. The van der Waals surface area contributed by atoms with Crippen molar-refractivity contribution < 1.29 is 50.5 Å². The lowest BCUT2D eigenvalue weighted by atomic mass is 10.0. The number of benzene rings is 2. The number of rotatable bonds is 10. The van der Waals surface area contributed by atoms with Crippen LogP contribution in [-0.4, -0.2) is 99.4 Å². The lowest BCUT2D eigenvalue weighted by molar-refractivity contribution is -0.142. The van der Waals surface area contributed by atoms with Crippen LogP contribution in [0, 0.1) is 5.92 Å². The van der Waals surface area contributed by atoms with Gasteiger partial charge in [0.1, 0.15) is 11.5 Å². The number of sulfonamides is 1. The second kappa shape index (κ2) is 17.3. The largest absolute Gasteiger partial charge is 0.497 e. The Morgan fingerprint density at radius 3 is 2.48 bits per heavy atom. The topological polar surface area (TPSA) is 135 Å². The fourth-order valence-electron chi connectivity index (χ4n) is 5.22. The highest BCUT2D eigenvalue weighted by atomic mass is 32.2. The Morgan fingerprint density at radius 1 is 1.17 bits per heavy atom. The monoisotopic (exact) mass is 701 g/mol. The molecule has 0 saturated heterocycles. The van der Waals surface area contributed by atoms with Crippen molar-refractivity contribution in [2.24, 2.45) is 5.92 Å². The molecule has 1 aliphatic heterocycles. The van der Waals surface area contributed by atoms with E-state index in [9.17, 15) is 36.3 Å². The predicted octanol–water partition coefficient (Wildman–Crippen LogP) is 5.09. The first-order valence-electron chi connectivity index (χ1n) is 15.9. The summed E-state index contributed by atoms with van der Waals surface area (Å²) in [5, 5.41) is 12.6. The molecule has 2 amide bonds. The SMILES string of the molecule is COc1ccc(S(=O)(=O)N(C)C[C@H]2OCCCC[C@H](C)Oc3ccc(NC(=O)CCC(F)(F)F)cc3C(=O)N([C@@H](C)CO)C[C@@H]2C)cc1. The highest BCUT2D eigenvalue weighted by Crippen LogP contribution is 2.29. The van der Waals surface area contributed by atoms with E-state index in [-0.39, 0.29) is 41.1 Å². The van der Waals surface area contributed by atoms with E-state index in [1.165, 1.54) is 53.7 Å². The van der Waals surface area contributed by atoms with Crippen molar-refractivity contribution in [1.29, 1.82) is 0 Å². The molecule has 15 heteroatoms. The maximum Gasteiger partial charge on any atom is 0.389 e. The van der Waals surface area contributed by atoms with E-state index in [2.05, 4.69) is 5.32 Å². The lowest BCUT2D eigenvalue weighted by Gasteiger charge is -2.35. The number of likely N-dealkylation sites (N-methyl/N-ethyl adjacent to an activating group) is 1. The summed E-state index contributed by atoms with van der Waals surface area (Å²) in [6.07, 6.45) is -5.55. The Balaban J connectivity index is 1.93. The van der Waals surface area contributed by atoms with Crippen LogP contribution in [-0.2, 0) is 19.6 Å². The molecule has 2 aromatic rings. The van der Waals surface area contributed by atoms with Crippen molar-refractivity contribution in [2.45, 2.75) is 82.2 Å². The second-order valence-electron chi connectivity index (χ2n) is 12.1. The van der Waals surface area contributed by atoms with Gasteiger partial charge >= 0.3 is 6.18 Å². The molecule has 0 bridgehead atoms. The number of aliphatic hydroxyl groups excluding tert-OH is 1. The molecule has 2 N–H and O–H groups in total. The minimum absolute atomic E-state index is 0.0186. The van der Waals surface area contributed by atoms with Gasteiger partial charge in [-0.25, -0.2) is 8.42 Å². The summed E-state index contributed by atoms with van der Waals surface area (Å²) in [6, 6.07) is 9.64. The molecule has 0 unspecified atom stereocenters. The molecule has 11 nitrogen and oxygen atoms in total. The number of halogens is 3. The van der Waals surface area contributed by atoms with Crippen LogP contribution in [0.15, 0.2) is 47.4 Å². The first-order chi connectivity index (χ1) is 22.5. The molecule has 0 radical (unpaired) electrons. The number of nitrogens with zero attached hydrogens (tertiary/aromatic N) is 2. The number of ether oxygens (including phenoxy) is 3. The Labute approximate surface area is 280 Å². The molecule has 268 valence electrons. The molecule has 4 atom stereocenters. The molecule has 1 aliphatic rings. The maximum absolute atomic E-state index is 14.2. The Hall–Kier alpha value is -3.40. The summed E-state index contributed by atoms with van der Waals surface area (Å²) < 4.78 is 83.6. The van der Waals surface area contributed by atoms with Crippen molar-refractivity contribution in [1.82, 2.24) is 9.21 Å². The van der Waals surface area contributed by atoms with E-state index in [1.807, 2.05) is 13.8 Å². The van der Waals surface area contributed by atoms with E-state index in [4.69, 9.17) is 14.2 Å². The zero-order valence-electron chi connectivity index (χ0n) is 28.0. The van der Waals surface area contributed by atoms with Gasteiger partial charge in [-0.05, 0) is 75.6 Å². The summed E-state index contributed by atoms with van der Waals surface area (Å²) in [7, 11) is -0.960. The molecule has 0 saturated carbocycles. The van der Waals surface area contributed by atoms with Crippen molar-refractivity contribution in [3.8, 4) is 11.5 Å². The van der Waals surface area contributed by atoms with E-state index >= 15 is 0 Å². The minimum Gasteiger partial charge on any atom is -0.497 e. The van der Waals surface area contributed by atoms with Gasteiger partial charge in [0.25, 0.3) is 5.91 Å². The minimum atomic E-state index is -4.50. The summed E-state index contributed by atoms with van der Waals surface area (Å²) in [5.41, 5.74) is 0.166. The third-order valence-electron chi connectivity index (χ3n) is 8.18. The zero-order valence-corrected chi connectivity index (χ0v) is 28.8. The van der Waals surface area contributed by atoms with Gasteiger partial charge in [0.05, 0.1) is 48.8 Å². The van der Waals surface area contributed by atoms with Crippen molar-refractivity contribution in [3.05, 3.63) is 48.0 Å². The first-order valence-corrected chi connectivity index (χ1v) is 17.3. The lowest BCUT2D eigenvalue weighted by Crippen LogP contribution is -2.48. The Kier molecular flexibility index (Phi) is 14.1. The number of amides is 2. The van der Waals surface area contributed by atoms with Crippen molar-refractivity contribution in [3.63, 3.8) is 0 Å². The van der Waals surface area contributed by atoms with Gasteiger partial charge in [0.2, 0.25) is 15.9 Å². The van der Waals surface area contributed by atoms with Crippen LogP contribution in [0.1, 0.15) is 63.2 Å². The van der Waals surface area contributed by atoms with Gasteiger partial charge < -0.3 is 29.5 Å². The number of alkyl halides is 3. The van der Waals surface area contributed by atoms with Crippen molar-refractivity contribution >= 4 is 27.5 Å². The summed E-state index contributed by atoms with van der Waals surface area (Å²) in [4.78, 5) is 28.0. The van der Waals surface area contributed by atoms with E-state index in [0.717, 1.165) is 0 Å². The number of fused-ring (bicyclic) bond motifs is 1. The number of anilines is 1. The van der Waals surface area contributed by atoms with Crippen LogP contribution in [0.5, 0.6) is 11.5 Å². The Morgan fingerprint density at radius 2 is 1.85 bits per heavy atom. The number of methoxy groups -OCH3 is 1. The smallest absolute Gasteiger partial charge is 0.389 e. The Bertz CT molecular complexity index is 1470. The average molecular weight is 702 g/mol. The number of aliphatic hydroxyl groups is 1. The number of carbonyl (C=O) groups is 2. The van der Waals surface area contributed by atoms with E-state index < -0.39 is 65.5 Å². The predicted molar refractivity (Wildman–Crippen MR) is 174 cm³/mol. The highest BCUT2D eigenvalue weighted by molar-refractivity contribution is 7.89. The fourth-order valence-corrected chi connectivity index (χ4v) is 6.40. The zero-order chi connectivity index (χ0) is 35.6. The average Bonchev–Trinajstić information content (AvgIpc) is 3.04.